The molecule has 0 rings (SSSR count). The lowest BCUT2D eigenvalue weighted by molar-refractivity contribution is 0.218. The molecule has 5 heteroatoms. The summed E-state index contributed by atoms with van der Waals surface area (Å²) >= 11 is 0. The largest absolute Gasteiger partial charge is 0.380 e. The van der Waals surface area contributed by atoms with E-state index in [0.29, 0.717) is 6.42 Å². The van der Waals surface area contributed by atoms with Gasteiger partial charge >= 0.3 is 0 Å². The van der Waals surface area contributed by atoms with Crippen molar-refractivity contribution in [3.63, 3.8) is 0 Å². The summed E-state index contributed by atoms with van der Waals surface area (Å²) in [5.41, 5.74) is 0. The number of hydrogen-bond acceptors (Lipinski definition) is 3. The molecule has 0 heterocycles. The fourth-order valence-corrected chi connectivity index (χ4v) is 3.14. The first-order chi connectivity index (χ1) is 11.5. The molecule has 0 radical (unpaired) electrons. The van der Waals surface area contributed by atoms with Crippen molar-refractivity contribution in [1.29, 1.82) is 0 Å². The number of aliphatic hydroxyl groups excluding tert-OH is 1. The van der Waals surface area contributed by atoms with Gasteiger partial charge in [-0.15, -0.1) is 5.92 Å². The molecule has 4 nitrogen and oxygen atoms in total. The van der Waals surface area contributed by atoms with Crippen LogP contribution in [0.2, 0.25) is 0 Å². The maximum Gasteiger partial charge on any atom is 0.264 e. The third-order valence-electron chi connectivity index (χ3n) is 4.05. The van der Waals surface area contributed by atoms with E-state index in [0.717, 1.165) is 51.4 Å². The van der Waals surface area contributed by atoms with Crippen LogP contribution in [0.5, 0.6) is 0 Å². The Bertz CT molecular complexity index is 434. The van der Waals surface area contributed by atoms with E-state index in [1.165, 1.54) is 32.1 Å². The van der Waals surface area contributed by atoms with E-state index in [2.05, 4.69) is 18.8 Å². The third kappa shape index (κ3) is 19.5. The molecule has 0 fully saturated rings. The highest BCUT2D eigenvalue weighted by Crippen LogP contribution is 2.11. The van der Waals surface area contributed by atoms with Crippen molar-refractivity contribution < 1.29 is 18.1 Å². The maximum atomic E-state index is 10.5. The zero-order chi connectivity index (χ0) is 18.1. The van der Waals surface area contributed by atoms with Crippen molar-refractivity contribution in [2.75, 3.05) is 5.75 Å². The van der Waals surface area contributed by atoms with Gasteiger partial charge in [0.15, 0.2) is 0 Å². The van der Waals surface area contributed by atoms with Crippen LogP contribution in [-0.4, -0.2) is 29.9 Å². The molecule has 0 aliphatic heterocycles. The summed E-state index contributed by atoms with van der Waals surface area (Å²) < 4.78 is 29.7. The molecule has 0 saturated heterocycles. The molecule has 0 amide bonds. The average Bonchev–Trinajstić information content (AvgIpc) is 2.52. The molecule has 0 aromatic heterocycles. The minimum Gasteiger partial charge on any atom is -0.380 e. The Labute approximate surface area is 149 Å². The Morgan fingerprint density at radius 2 is 1.33 bits per heavy atom. The van der Waals surface area contributed by atoms with E-state index < -0.39 is 16.2 Å². The van der Waals surface area contributed by atoms with E-state index in [-0.39, 0.29) is 5.75 Å². The lowest BCUT2D eigenvalue weighted by atomic mass is 10.1. The zero-order valence-electron chi connectivity index (χ0n) is 15.3. The third-order valence-corrected chi connectivity index (χ3v) is 4.86. The predicted molar refractivity (Wildman–Crippen MR) is 101 cm³/mol. The van der Waals surface area contributed by atoms with Crippen LogP contribution in [0.4, 0.5) is 0 Å². The van der Waals surface area contributed by atoms with Crippen molar-refractivity contribution in [2.45, 2.75) is 103 Å². The molecule has 24 heavy (non-hydrogen) atoms. The highest BCUT2D eigenvalue weighted by atomic mass is 32.2. The second kappa shape index (κ2) is 15.9. The van der Waals surface area contributed by atoms with E-state index >= 15 is 0 Å². The molecular weight excluding hydrogens is 324 g/mol. The standard InChI is InChI=1S/C19H36O4S/c1-2-3-16-19(20)17-14-12-10-8-6-4-5-7-9-11-13-15-18-24(21,22)23/h19-20H,2-13,15-16,18H2,1H3,(H,21,22,23). The van der Waals surface area contributed by atoms with Gasteiger partial charge in [-0.2, -0.15) is 8.42 Å². The Morgan fingerprint density at radius 1 is 0.833 bits per heavy atom. The highest BCUT2D eigenvalue weighted by molar-refractivity contribution is 7.85. The van der Waals surface area contributed by atoms with Gasteiger partial charge in [0.2, 0.25) is 0 Å². The lowest BCUT2D eigenvalue weighted by Crippen LogP contribution is -2.03. The molecular formula is C19H36O4S. The van der Waals surface area contributed by atoms with Gasteiger partial charge in [0.25, 0.3) is 10.1 Å². The SMILES string of the molecule is CCCCC(O)C#CCCCCCCCCCCCCS(=O)(=O)O. The first-order valence-electron chi connectivity index (χ1n) is 9.57. The summed E-state index contributed by atoms with van der Waals surface area (Å²) in [6.45, 7) is 2.12. The van der Waals surface area contributed by atoms with Crippen molar-refractivity contribution >= 4 is 10.1 Å². The topological polar surface area (TPSA) is 74.6 Å². The number of hydrogen-bond donors (Lipinski definition) is 2. The Kier molecular flexibility index (Phi) is 15.6. The van der Waals surface area contributed by atoms with Crippen LogP contribution in [0.25, 0.3) is 0 Å². The quantitative estimate of drug-likeness (QED) is 0.252. The van der Waals surface area contributed by atoms with Crippen LogP contribution in [0.15, 0.2) is 0 Å². The Morgan fingerprint density at radius 3 is 1.83 bits per heavy atom. The molecule has 0 aliphatic carbocycles. The first-order valence-corrected chi connectivity index (χ1v) is 11.2. The summed E-state index contributed by atoms with van der Waals surface area (Å²) in [6.07, 6.45) is 14.2. The summed E-state index contributed by atoms with van der Waals surface area (Å²) in [5, 5.41) is 9.58. The summed E-state index contributed by atoms with van der Waals surface area (Å²) in [5.74, 6) is 5.88. The zero-order valence-corrected chi connectivity index (χ0v) is 16.1. The van der Waals surface area contributed by atoms with E-state index in [4.69, 9.17) is 4.55 Å². The fraction of sp³-hybridized carbons (Fsp3) is 0.895. The van der Waals surface area contributed by atoms with Crippen LogP contribution in [-0.2, 0) is 10.1 Å². The van der Waals surface area contributed by atoms with Gasteiger partial charge in [-0.05, 0) is 19.3 Å². The molecule has 0 bridgehead atoms. The Hall–Kier alpha value is -0.570. The van der Waals surface area contributed by atoms with Crippen LogP contribution >= 0.6 is 0 Å². The fourth-order valence-electron chi connectivity index (χ4n) is 2.57. The van der Waals surface area contributed by atoms with Crippen molar-refractivity contribution in [2.24, 2.45) is 0 Å². The van der Waals surface area contributed by atoms with Crippen molar-refractivity contribution in [3.05, 3.63) is 0 Å². The molecule has 0 aromatic carbocycles. The number of aliphatic hydroxyl groups is 1. The van der Waals surface area contributed by atoms with Crippen LogP contribution < -0.4 is 0 Å². The maximum absolute atomic E-state index is 10.5. The molecule has 0 saturated carbocycles. The van der Waals surface area contributed by atoms with E-state index in [1.807, 2.05) is 0 Å². The van der Waals surface area contributed by atoms with Gasteiger partial charge in [0.1, 0.15) is 6.10 Å². The van der Waals surface area contributed by atoms with Crippen LogP contribution in [0.3, 0.4) is 0 Å². The predicted octanol–water partition coefficient (Wildman–Crippen LogP) is 4.72. The second-order valence-electron chi connectivity index (χ2n) is 6.55. The smallest absolute Gasteiger partial charge is 0.264 e. The van der Waals surface area contributed by atoms with Crippen LogP contribution in [0, 0.1) is 11.8 Å². The molecule has 0 spiro atoms. The molecule has 2 N–H and O–H groups in total. The molecule has 0 aromatic rings. The monoisotopic (exact) mass is 360 g/mol. The minimum absolute atomic E-state index is 0.106. The van der Waals surface area contributed by atoms with Gasteiger partial charge in [-0.3, -0.25) is 4.55 Å². The highest BCUT2D eigenvalue weighted by Gasteiger charge is 2.02. The second-order valence-corrected chi connectivity index (χ2v) is 8.12. The lowest BCUT2D eigenvalue weighted by Gasteiger charge is -2.02. The molecule has 0 aliphatic rings. The molecule has 1 unspecified atom stereocenters. The van der Waals surface area contributed by atoms with E-state index in [9.17, 15) is 13.5 Å². The van der Waals surface area contributed by atoms with Gasteiger partial charge < -0.3 is 5.11 Å². The van der Waals surface area contributed by atoms with Crippen molar-refractivity contribution in [3.8, 4) is 11.8 Å². The molecule has 1 atom stereocenters. The van der Waals surface area contributed by atoms with Gasteiger partial charge in [-0.1, -0.05) is 77.1 Å². The van der Waals surface area contributed by atoms with Gasteiger partial charge in [-0.25, -0.2) is 0 Å². The van der Waals surface area contributed by atoms with Gasteiger partial charge in [0, 0.05) is 6.42 Å². The van der Waals surface area contributed by atoms with Crippen LogP contribution in [0.1, 0.15) is 96.8 Å². The summed E-state index contributed by atoms with van der Waals surface area (Å²) in [7, 11) is -3.77. The Balaban J connectivity index is 3.24. The van der Waals surface area contributed by atoms with Gasteiger partial charge in [0.05, 0.1) is 5.75 Å². The summed E-state index contributed by atoms with van der Waals surface area (Å²) in [4.78, 5) is 0. The minimum atomic E-state index is -3.77. The summed E-state index contributed by atoms with van der Waals surface area (Å²) in [6, 6.07) is 0. The normalized spacial score (nSPS) is 12.6. The van der Waals surface area contributed by atoms with E-state index in [1.54, 1.807) is 0 Å². The van der Waals surface area contributed by atoms with Crippen molar-refractivity contribution in [1.82, 2.24) is 0 Å². The first kappa shape index (κ1) is 23.4. The average molecular weight is 361 g/mol. The molecule has 142 valence electrons. The number of unbranched alkanes of at least 4 members (excludes halogenated alkanes) is 11. The number of rotatable bonds is 15.